The molecule has 0 heterocycles. The smallest absolute Gasteiger partial charge is 0.305 e. The average molecular weight is 1030 g/mol. The van der Waals surface area contributed by atoms with Crippen molar-refractivity contribution in [2.45, 2.75) is 392 Å². The number of unbranched alkanes of at least 4 members (excludes halogenated alkanes) is 52. The van der Waals surface area contributed by atoms with E-state index in [1.165, 1.54) is 315 Å². The molecule has 434 valence electrons. The van der Waals surface area contributed by atoms with Crippen molar-refractivity contribution < 1.29 is 24.5 Å². The van der Waals surface area contributed by atoms with Crippen molar-refractivity contribution >= 4 is 11.9 Å². The molecule has 0 saturated carbocycles. The molecule has 6 heteroatoms. The quantitative estimate of drug-likeness (QED) is 0.0320. The Morgan fingerprint density at radius 1 is 0.370 bits per heavy atom. The highest BCUT2D eigenvalue weighted by atomic mass is 16.5. The molecular formula is C67H131NO5. The Morgan fingerprint density at radius 2 is 0.630 bits per heavy atom. The summed E-state index contributed by atoms with van der Waals surface area (Å²) in [4.78, 5) is 24.6. The largest absolute Gasteiger partial charge is 0.466 e. The van der Waals surface area contributed by atoms with Crippen LogP contribution >= 0.6 is 0 Å². The van der Waals surface area contributed by atoms with Crippen LogP contribution in [-0.4, -0.2) is 47.4 Å². The Bertz CT molecular complexity index is 1100. The fraction of sp³-hybridized carbons (Fsp3) is 0.940. The van der Waals surface area contributed by atoms with Gasteiger partial charge in [0, 0.05) is 12.8 Å². The van der Waals surface area contributed by atoms with Crippen LogP contribution in [-0.2, 0) is 14.3 Å². The van der Waals surface area contributed by atoms with E-state index in [1.54, 1.807) is 6.08 Å². The van der Waals surface area contributed by atoms with Crippen molar-refractivity contribution in [1.29, 1.82) is 0 Å². The van der Waals surface area contributed by atoms with E-state index in [0.717, 1.165) is 38.5 Å². The number of aliphatic hydroxyl groups is 2. The SMILES string of the molecule is CCCCCCCCCCCCCCC/C=C/C(O)C(CO)NC(=O)CCCCCCCCCCCCCCCCCCCCCCCCCCOC(=O)CCCCCCCCCCCCCCCCCCC. The minimum absolute atomic E-state index is 0.0198. The molecule has 0 aromatic rings. The molecule has 2 atom stereocenters. The lowest BCUT2D eigenvalue weighted by Crippen LogP contribution is -2.45. The Labute approximate surface area is 457 Å². The zero-order valence-corrected chi connectivity index (χ0v) is 49.6. The second-order valence-corrected chi connectivity index (χ2v) is 23.2. The number of carbonyl (C=O) groups is 2. The number of hydrogen-bond donors (Lipinski definition) is 3. The van der Waals surface area contributed by atoms with Gasteiger partial charge in [-0.3, -0.25) is 9.59 Å². The highest BCUT2D eigenvalue weighted by Gasteiger charge is 2.18. The lowest BCUT2D eigenvalue weighted by atomic mass is 10.0. The number of carbonyl (C=O) groups excluding carboxylic acids is 2. The van der Waals surface area contributed by atoms with E-state index in [4.69, 9.17) is 4.74 Å². The Balaban J connectivity index is 3.36. The molecule has 0 aliphatic heterocycles. The van der Waals surface area contributed by atoms with E-state index < -0.39 is 12.1 Å². The fourth-order valence-corrected chi connectivity index (χ4v) is 10.7. The number of aliphatic hydroxyl groups excluding tert-OH is 2. The van der Waals surface area contributed by atoms with E-state index in [0.29, 0.717) is 19.4 Å². The minimum Gasteiger partial charge on any atom is -0.466 e. The van der Waals surface area contributed by atoms with Gasteiger partial charge in [0.05, 0.1) is 25.4 Å². The fourth-order valence-electron chi connectivity index (χ4n) is 10.7. The Kier molecular flexibility index (Phi) is 61.9. The molecule has 73 heavy (non-hydrogen) atoms. The van der Waals surface area contributed by atoms with Gasteiger partial charge in [-0.2, -0.15) is 0 Å². The van der Waals surface area contributed by atoms with Gasteiger partial charge >= 0.3 is 5.97 Å². The highest BCUT2D eigenvalue weighted by Crippen LogP contribution is 2.19. The molecule has 0 aliphatic rings. The van der Waals surface area contributed by atoms with Crippen molar-refractivity contribution in [1.82, 2.24) is 5.32 Å². The third-order valence-electron chi connectivity index (χ3n) is 15.8. The number of rotatable bonds is 63. The first kappa shape index (κ1) is 71.6. The van der Waals surface area contributed by atoms with Crippen LogP contribution in [0, 0.1) is 0 Å². The lowest BCUT2D eigenvalue weighted by Gasteiger charge is -2.20. The molecule has 2 unspecified atom stereocenters. The zero-order valence-electron chi connectivity index (χ0n) is 49.6. The summed E-state index contributed by atoms with van der Waals surface area (Å²) in [6.45, 7) is 4.94. The monoisotopic (exact) mass is 1030 g/mol. The molecule has 3 N–H and O–H groups in total. The molecular weight excluding hydrogens is 899 g/mol. The average Bonchev–Trinajstić information content (AvgIpc) is 3.39. The number of hydrogen-bond acceptors (Lipinski definition) is 5. The molecule has 1 amide bonds. The van der Waals surface area contributed by atoms with Gasteiger partial charge in [-0.1, -0.05) is 347 Å². The van der Waals surface area contributed by atoms with Crippen LogP contribution in [0.2, 0.25) is 0 Å². The van der Waals surface area contributed by atoms with Gasteiger partial charge in [0.1, 0.15) is 0 Å². The van der Waals surface area contributed by atoms with Crippen LogP contribution in [0.1, 0.15) is 380 Å². The maximum atomic E-state index is 12.5. The molecule has 0 fully saturated rings. The van der Waals surface area contributed by atoms with Gasteiger partial charge in [-0.05, 0) is 32.1 Å². The molecule has 0 aliphatic carbocycles. The summed E-state index contributed by atoms with van der Waals surface area (Å²) in [5.41, 5.74) is 0. The topological polar surface area (TPSA) is 95.9 Å². The van der Waals surface area contributed by atoms with E-state index in [9.17, 15) is 19.8 Å². The van der Waals surface area contributed by atoms with Gasteiger partial charge in [0.15, 0.2) is 0 Å². The third kappa shape index (κ3) is 59.7. The second kappa shape index (κ2) is 63.1. The molecule has 0 spiro atoms. The number of nitrogens with one attached hydrogen (secondary N) is 1. The minimum atomic E-state index is -0.843. The van der Waals surface area contributed by atoms with Crippen LogP contribution in [0.4, 0.5) is 0 Å². The first-order valence-corrected chi connectivity index (χ1v) is 33.5. The molecule has 0 rings (SSSR count). The van der Waals surface area contributed by atoms with Gasteiger partial charge in [-0.15, -0.1) is 0 Å². The summed E-state index contributed by atoms with van der Waals surface area (Å²) in [5, 5.41) is 23.1. The first-order valence-electron chi connectivity index (χ1n) is 33.5. The molecule has 0 aromatic heterocycles. The normalized spacial score (nSPS) is 12.5. The number of ether oxygens (including phenoxy) is 1. The standard InChI is InChI=1S/C67H131NO5/c1-3-5-7-9-11-13-15-17-19-28-33-37-41-45-49-53-57-61-67(72)73-62-58-54-50-46-42-38-34-30-27-25-23-21-20-22-24-26-29-32-36-40-44-48-52-56-60-66(71)68-64(63-69)65(70)59-55-51-47-43-39-35-31-18-16-14-12-10-8-6-4-2/h55,59,64-65,69-70H,3-54,56-58,60-63H2,1-2H3,(H,68,71)/b59-55+. The van der Waals surface area contributed by atoms with Crippen LogP contribution in [0.3, 0.4) is 0 Å². The summed E-state index contributed by atoms with van der Waals surface area (Å²) < 4.78 is 5.50. The van der Waals surface area contributed by atoms with Crippen molar-refractivity contribution in [3.63, 3.8) is 0 Å². The van der Waals surface area contributed by atoms with Crippen molar-refractivity contribution in [3.05, 3.63) is 12.2 Å². The number of allylic oxidation sites excluding steroid dienone is 1. The zero-order chi connectivity index (χ0) is 52.9. The van der Waals surface area contributed by atoms with Crippen molar-refractivity contribution in [2.75, 3.05) is 13.2 Å². The summed E-state index contributed by atoms with van der Waals surface area (Å²) in [6, 6.07) is -0.626. The van der Waals surface area contributed by atoms with E-state index in [-0.39, 0.29) is 18.5 Å². The summed E-state index contributed by atoms with van der Waals surface area (Å²) in [7, 11) is 0. The number of esters is 1. The Morgan fingerprint density at radius 3 is 0.932 bits per heavy atom. The van der Waals surface area contributed by atoms with Crippen LogP contribution < -0.4 is 5.32 Å². The van der Waals surface area contributed by atoms with Crippen LogP contribution in [0.25, 0.3) is 0 Å². The molecule has 0 aromatic carbocycles. The Hall–Kier alpha value is -1.40. The van der Waals surface area contributed by atoms with Crippen molar-refractivity contribution in [3.8, 4) is 0 Å². The van der Waals surface area contributed by atoms with Crippen LogP contribution in [0.5, 0.6) is 0 Å². The molecule has 0 bridgehead atoms. The third-order valence-corrected chi connectivity index (χ3v) is 15.8. The molecule has 0 radical (unpaired) electrons. The maximum Gasteiger partial charge on any atom is 0.305 e. The maximum absolute atomic E-state index is 12.5. The predicted octanol–water partition coefficient (Wildman–Crippen LogP) is 21.2. The highest BCUT2D eigenvalue weighted by molar-refractivity contribution is 5.76. The van der Waals surface area contributed by atoms with Gasteiger partial charge in [-0.25, -0.2) is 0 Å². The van der Waals surface area contributed by atoms with Crippen LogP contribution in [0.15, 0.2) is 12.2 Å². The molecule has 0 saturated heterocycles. The summed E-state index contributed by atoms with van der Waals surface area (Å²) in [6.07, 6.45) is 77.0. The van der Waals surface area contributed by atoms with E-state index >= 15 is 0 Å². The second-order valence-electron chi connectivity index (χ2n) is 23.2. The van der Waals surface area contributed by atoms with Gasteiger partial charge in [0.2, 0.25) is 5.91 Å². The van der Waals surface area contributed by atoms with E-state index in [2.05, 4.69) is 19.2 Å². The van der Waals surface area contributed by atoms with E-state index in [1.807, 2.05) is 6.08 Å². The predicted molar refractivity (Wildman–Crippen MR) is 320 cm³/mol. The summed E-state index contributed by atoms with van der Waals surface area (Å²) in [5.74, 6) is -0.0443. The molecule has 6 nitrogen and oxygen atoms in total. The lowest BCUT2D eigenvalue weighted by molar-refractivity contribution is -0.143. The van der Waals surface area contributed by atoms with Gasteiger partial charge < -0.3 is 20.3 Å². The number of amides is 1. The van der Waals surface area contributed by atoms with Crippen molar-refractivity contribution in [2.24, 2.45) is 0 Å². The first-order chi connectivity index (χ1) is 36.0. The van der Waals surface area contributed by atoms with Gasteiger partial charge in [0.25, 0.3) is 0 Å². The summed E-state index contributed by atoms with van der Waals surface area (Å²) >= 11 is 0.